The van der Waals surface area contributed by atoms with Crippen molar-refractivity contribution in [3.8, 4) is 0 Å². The van der Waals surface area contributed by atoms with Gasteiger partial charge in [0.05, 0.1) is 6.10 Å². The lowest BCUT2D eigenvalue weighted by Gasteiger charge is -2.22. The minimum Gasteiger partial charge on any atom is -0.480 e. The van der Waals surface area contributed by atoms with Crippen LogP contribution in [-0.4, -0.2) is 28.8 Å². The van der Waals surface area contributed by atoms with Gasteiger partial charge in [-0.05, 0) is 11.5 Å². The molecular weight excluding hydrogens is 230 g/mol. The average molecular weight is 251 g/mol. The third kappa shape index (κ3) is 4.13. The molecule has 1 rings (SSSR count). The number of benzene rings is 1. The Balaban J connectivity index is 2.55. The quantitative estimate of drug-likeness (QED) is 0.691. The lowest BCUT2D eigenvalue weighted by atomic mass is 9.99. The summed E-state index contributed by atoms with van der Waals surface area (Å²) in [5, 5.41) is 22.0. The van der Waals surface area contributed by atoms with Crippen LogP contribution >= 0.6 is 0 Å². The summed E-state index contributed by atoms with van der Waals surface area (Å²) in [6, 6.07) is 8.61. The lowest BCUT2D eigenvalue weighted by molar-refractivity contribution is -0.141. The Morgan fingerprint density at radius 1 is 1.33 bits per heavy atom. The van der Waals surface area contributed by atoms with E-state index in [9.17, 15) is 9.90 Å². The molecule has 0 aliphatic carbocycles. The number of carboxylic acids is 1. The molecule has 0 bridgehead atoms. The highest BCUT2D eigenvalue weighted by Gasteiger charge is 2.23. The SMILES string of the molecule is CCC(C)C(NCC(O)c1ccccc1)C(=O)O. The second-order valence-electron chi connectivity index (χ2n) is 4.54. The Bertz CT molecular complexity index is 367. The van der Waals surface area contributed by atoms with E-state index >= 15 is 0 Å². The summed E-state index contributed by atoms with van der Waals surface area (Å²) in [5.74, 6) is -0.838. The molecule has 0 saturated heterocycles. The van der Waals surface area contributed by atoms with Crippen LogP contribution in [-0.2, 0) is 4.79 Å². The normalized spacial score (nSPS) is 15.9. The lowest BCUT2D eigenvalue weighted by Crippen LogP contribution is -2.43. The first-order valence-corrected chi connectivity index (χ1v) is 6.25. The van der Waals surface area contributed by atoms with Gasteiger partial charge in [0.25, 0.3) is 0 Å². The van der Waals surface area contributed by atoms with E-state index in [0.717, 1.165) is 12.0 Å². The van der Waals surface area contributed by atoms with Crippen LogP contribution in [0.25, 0.3) is 0 Å². The average Bonchev–Trinajstić information content (AvgIpc) is 2.39. The molecule has 3 unspecified atom stereocenters. The molecule has 3 atom stereocenters. The molecule has 0 amide bonds. The van der Waals surface area contributed by atoms with Crippen molar-refractivity contribution in [3.05, 3.63) is 35.9 Å². The molecule has 0 saturated carbocycles. The van der Waals surface area contributed by atoms with Crippen LogP contribution < -0.4 is 5.32 Å². The predicted octanol–water partition coefficient (Wildman–Crippen LogP) is 1.81. The molecule has 4 nitrogen and oxygen atoms in total. The molecule has 100 valence electrons. The smallest absolute Gasteiger partial charge is 0.320 e. The van der Waals surface area contributed by atoms with Crippen LogP contribution in [0.15, 0.2) is 30.3 Å². The van der Waals surface area contributed by atoms with Crippen molar-refractivity contribution >= 4 is 5.97 Å². The minimum atomic E-state index is -0.871. The maximum Gasteiger partial charge on any atom is 0.320 e. The summed E-state index contributed by atoms with van der Waals surface area (Å²) in [6.45, 7) is 4.09. The van der Waals surface area contributed by atoms with Crippen molar-refractivity contribution in [2.75, 3.05) is 6.54 Å². The van der Waals surface area contributed by atoms with Gasteiger partial charge in [0, 0.05) is 6.54 Å². The van der Waals surface area contributed by atoms with Gasteiger partial charge in [0.1, 0.15) is 6.04 Å². The third-order valence-corrected chi connectivity index (χ3v) is 3.19. The Labute approximate surface area is 108 Å². The Kier molecular flexibility index (Phi) is 5.82. The van der Waals surface area contributed by atoms with Gasteiger partial charge in [-0.2, -0.15) is 0 Å². The van der Waals surface area contributed by atoms with Crippen LogP contribution in [0.2, 0.25) is 0 Å². The van der Waals surface area contributed by atoms with Crippen LogP contribution in [0.1, 0.15) is 31.9 Å². The molecule has 0 fully saturated rings. The third-order valence-electron chi connectivity index (χ3n) is 3.19. The van der Waals surface area contributed by atoms with E-state index in [-0.39, 0.29) is 12.5 Å². The van der Waals surface area contributed by atoms with Crippen LogP contribution in [0.3, 0.4) is 0 Å². The number of carboxylic acid groups (broad SMARTS) is 1. The van der Waals surface area contributed by atoms with Crippen LogP contribution in [0, 0.1) is 5.92 Å². The van der Waals surface area contributed by atoms with Crippen molar-refractivity contribution in [1.82, 2.24) is 5.32 Å². The van der Waals surface area contributed by atoms with Crippen molar-refractivity contribution in [2.24, 2.45) is 5.92 Å². The zero-order chi connectivity index (χ0) is 13.5. The van der Waals surface area contributed by atoms with E-state index in [0.29, 0.717) is 0 Å². The van der Waals surface area contributed by atoms with Gasteiger partial charge in [-0.25, -0.2) is 0 Å². The highest BCUT2D eigenvalue weighted by Crippen LogP contribution is 2.13. The van der Waals surface area contributed by atoms with Gasteiger partial charge in [0.2, 0.25) is 0 Å². The Morgan fingerprint density at radius 3 is 2.44 bits per heavy atom. The van der Waals surface area contributed by atoms with E-state index in [4.69, 9.17) is 5.11 Å². The topological polar surface area (TPSA) is 69.6 Å². The van der Waals surface area contributed by atoms with Gasteiger partial charge >= 0.3 is 5.97 Å². The molecule has 0 spiro atoms. The maximum atomic E-state index is 11.1. The first-order valence-electron chi connectivity index (χ1n) is 6.25. The zero-order valence-corrected chi connectivity index (χ0v) is 10.8. The highest BCUT2D eigenvalue weighted by molar-refractivity contribution is 5.73. The van der Waals surface area contributed by atoms with Gasteiger partial charge in [-0.3, -0.25) is 4.79 Å². The fourth-order valence-electron chi connectivity index (χ4n) is 1.80. The standard InChI is InChI=1S/C14H21NO3/c1-3-10(2)13(14(17)18)15-9-12(16)11-7-5-4-6-8-11/h4-8,10,12-13,15-16H,3,9H2,1-2H3,(H,17,18). The Morgan fingerprint density at radius 2 is 1.94 bits per heavy atom. The molecule has 0 heterocycles. The molecule has 3 N–H and O–H groups in total. The molecule has 0 aliphatic rings. The maximum absolute atomic E-state index is 11.1. The fourth-order valence-corrected chi connectivity index (χ4v) is 1.80. The number of aliphatic carboxylic acids is 1. The second-order valence-corrected chi connectivity index (χ2v) is 4.54. The van der Waals surface area contributed by atoms with Crippen molar-refractivity contribution in [3.63, 3.8) is 0 Å². The van der Waals surface area contributed by atoms with Gasteiger partial charge in [-0.1, -0.05) is 50.6 Å². The molecular formula is C14H21NO3. The highest BCUT2D eigenvalue weighted by atomic mass is 16.4. The van der Waals surface area contributed by atoms with Gasteiger partial charge in [0.15, 0.2) is 0 Å². The van der Waals surface area contributed by atoms with E-state index < -0.39 is 18.1 Å². The zero-order valence-electron chi connectivity index (χ0n) is 10.8. The molecule has 1 aromatic rings. The largest absolute Gasteiger partial charge is 0.480 e. The monoisotopic (exact) mass is 251 g/mol. The summed E-state index contributed by atoms with van der Waals surface area (Å²) >= 11 is 0. The molecule has 0 aromatic heterocycles. The summed E-state index contributed by atoms with van der Waals surface area (Å²) < 4.78 is 0. The van der Waals surface area contributed by atoms with Crippen molar-refractivity contribution in [2.45, 2.75) is 32.4 Å². The number of aliphatic hydroxyl groups is 1. The predicted molar refractivity (Wildman–Crippen MR) is 70.3 cm³/mol. The molecule has 1 aromatic carbocycles. The fraction of sp³-hybridized carbons (Fsp3) is 0.500. The molecule has 4 heteroatoms. The Hall–Kier alpha value is -1.39. The van der Waals surface area contributed by atoms with E-state index in [1.54, 1.807) is 0 Å². The van der Waals surface area contributed by atoms with Crippen LogP contribution in [0.5, 0.6) is 0 Å². The van der Waals surface area contributed by atoms with Crippen molar-refractivity contribution in [1.29, 1.82) is 0 Å². The van der Waals surface area contributed by atoms with E-state index in [1.165, 1.54) is 0 Å². The van der Waals surface area contributed by atoms with E-state index in [1.807, 2.05) is 44.2 Å². The van der Waals surface area contributed by atoms with Crippen molar-refractivity contribution < 1.29 is 15.0 Å². The molecule has 0 aliphatic heterocycles. The number of hydrogen-bond acceptors (Lipinski definition) is 3. The number of carbonyl (C=O) groups is 1. The minimum absolute atomic E-state index is 0.0328. The number of aliphatic hydroxyl groups excluding tert-OH is 1. The first kappa shape index (κ1) is 14.7. The summed E-state index contributed by atoms with van der Waals surface area (Å²) in [5.41, 5.74) is 0.790. The van der Waals surface area contributed by atoms with Gasteiger partial charge in [-0.15, -0.1) is 0 Å². The second kappa shape index (κ2) is 7.13. The summed E-state index contributed by atoms with van der Waals surface area (Å²) in [6.07, 6.45) is 0.0999. The number of nitrogens with one attached hydrogen (secondary N) is 1. The van der Waals surface area contributed by atoms with Crippen LogP contribution in [0.4, 0.5) is 0 Å². The molecule has 0 radical (unpaired) electrons. The van der Waals surface area contributed by atoms with E-state index in [2.05, 4.69) is 5.32 Å². The summed E-state index contributed by atoms with van der Waals surface area (Å²) in [4.78, 5) is 11.1. The number of hydrogen-bond donors (Lipinski definition) is 3. The molecule has 18 heavy (non-hydrogen) atoms. The van der Waals surface area contributed by atoms with Gasteiger partial charge < -0.3 is 15.5 Å². The number of rotatable bonds is 7. The summed E-state index contributed by atoms with van der Waals surface area (Å²) in [7, 11) is 0. The first-order chi connectivity index (χ1) is 8.56.